The van der Waals surface area contributed by atoms with Crippen LogP contribution < -0.4 is 14.8 Å². The van der Waals surface area contributed by atoms with Crippen LogP contribution in [0.2, 0.25) is 0 Å². The predicted octanol–water partition coefficient (Wildman–Crippen LogP) is 2.35. The fourth-order valence-corrected chi connectivity index (χ4v) is 2.50. The number of ether oxygens (including phenoxy) is 2. The van der Waals surface area contributed by atoms with E-state index in [0.717, 1.165) is 35.9 Å². The summed E-state index contributed by atoms with van der Waals surface area (Å²) in [6.07, 6.45) is 3.93. The first-order valence-corrected chi connectivity index (χ1v) is 6.90. The number of nitrogens with zero attached hydrogens (tertiary/aromatic N) is 2. The standard InChI is InChI=1S/C16H15N3O2/c1-2-6-19-13(10-18-16(19)3-1)9-17-8-12-4-5-14-15(7-12)21-11-20-14/h1-7,10,17H,8-9,11H2. The van der Waals surface area contributed by atoms with Gasteiger partial charge in [-0.2, -0.15) is 0 Å². The van der Waals surface area contributed by atoms with Gasteiger partial charge in [-0.25, -0.2) is 4.98 Å². The Bertz CT molecular complexity index is 782. The third-order valence-corrected chi connectivity index (χ3v) is 3.57. The van der Waals surface area contributed by atoms with Gasteiger partial charge in [0.15, 0.2) is 11.5 Å². The highest BCUT2D eigenvalue weighted by atomic mass is 16.7. The van der Waals surface area contributed by atoms with E-state index in [1.54, 1.807) is 0 Å². The Balaban J connectivity index is 1.43. The van der Waals surface area contributed by atoms with Crippen molar-refractivity contribution in [2.24, 2.45) is 0 Å². The van der Waals surface area contributed by atoms with Crippen molar-refractivity contribution >= 4 is 5.65 Å². The maximum atomic E-state index is 5.38. The van der Waals surface area contributed by atoms with Crippen molar-refractivity contribution in [2.45, 2.75) is 13.1 Å². The lowest BCUT2D eigenvalue weighted by atomic mass is 10.2. The van der Waals surface area contributed by atoms with Crippen molar-refractivity contribution < 1.29 is 9.47 Å². The molecule has 5 heteroatoms. The van der Waals surface area contributed by atoms with Gasteiger partial charge in [-0.1, -0.05) is 12.1 Å². The summed E-state index contributed by atoms with van der Waals surface area (Å²) in [6.45, 7) is 1.85. The van der Waals surface area contributed by atoms with Crippen LogP contribution in [-0.4, -0.2) is 16.2 Å². The molecule has 0 amide bonds. The van der Waals surface area contributed by atoms with Crippen molar-refractivity contribution in [3.63, 3.8) is 0 Å². The molecule has 106 valence electrons. The SMILES string of the molecule is c1ccn2c(CNCc3ccc4c(c3)OCO4)cnc2c1. The van der Waals surface area contributed by atoms with Gasteiger partial charge >= 0.3 is 0 Å². The first kappa shape index (κ1) is 12.2. The minimum Gasteiger partial charge on any atom is -0.454 e. The fraction of sp³-hybridized carbons (Fsp3) is 0.188. The minimum absolute atomic E-state index is 0.314. The van der Waals surface area contributed by atoms with E-state index in [4.69, 9.17) is 9.47 Å². The lowest BCUT2D eigenvalue weighted by Gasteiger charge is -2.06. The van der Waals surface area contributed by atoms with E-state index in [9.17, 15) is 0 Å². The van der Waals surface area contributed by atoms with Crippen molar-refractivity contribution in [3.05, 3.63) is 60.0 Å². The average Bonchev–Trinajstić information content (AvgIpc) is 3.14. The number of aromatic nitrogens is 2. The largest absolute Gasteiger partial charge is 0.454 e. The maximum absolute atomic E-state index is 5.38. The molecule has 21 heavy (non-hydrogen) atoms. The zero-order chi connectivity index (χ0) is 14.1. The Morgan fingerprint density at radius 1 is 1.10 bits per heavy atom. The number of hydrogen-bond acceptors (Lipinski definition) is 4. The molecule has 0 radical (unpaired) electrons. The summed E-state index contributed by atoms with van der Waals surface area (Å²) in [7, 11) is 0. The van der Waals surface area contributed by atoms with Crippen LogP contribution in [0.5, 0.6) is 11.5 Å². The van der Waals surface area contributed by atoms with Crippen LogP contribution in [-0.2, 0) is 13.1 Å². The van der Waals surface area contributed by atoms with E-state index in [1.165, 1.54) is 5.56 Å². The van der Waals surface area contributed by atoms with Crippen LogP contribution in [0.1, 0.15) is 11.3 Å². The average molecular weight is 281 g/mol. The Kier molecular flexibility index (Phi) is 2.97. The van der Waals surface area contributed by atoms with Gasteiger partial charge in [0.1, 0.15) is 5.65 Å². The summed E-state index contributed by atoms with van der Waals surface area (Å²) in [5.41, 5.74) is 3.29. The smallest absolute Gasteiger partial charge is 0.231 e. The molecule has 0 saturated carbocycles. The molecule has 0 spiro atoms. The summed E-state index contributed by atoms with van der Waals surface area (Å²) < 4.78 is 12.8. The monoisotopic (exact) mass is 281 g/mol. The molecule has 0 atom stereocenters. The highest BCUT2D eigenvalue weighted by molar-refractivity contribution is 5.44. The van der Waals surface area contributed by atoms with E-state index in [2.05, 4.69) is 20.8 Å². The van der Waals surface area contributed by atoms with Crippen LogP contribution in [0, 0.1) is 0 Å². The minimum atomic E-state index is 0.314. The Morgan fingerprint density at radius 3 is 3.05 bits per heavy atom. The number of imidazole rings is 1. The molecule has 1 aromatic carbocycles. The molecule has 0 saturated heterocycles. The lowest BCUT2D eigenvalue weighted by molar-refractivity contribution is 0.174. The van der Waals surface area contributed by atoms with Gasteiger partial charge in [0, 0.05) is 19.3 Å². The summed E-state index contributed by atoms with van der Waals surface area (Å²) in [5, 5.41) is 3.43. The van der Waals surface area contributed by atoms with Crippen molar-refractivity contribution in [2.75, 3.05) is 6.79 Å². The normalized spacial score (nSPS) is 13.0. The van der Waals surface area contributed by atoms with E-state index < -0.39 is 0 Å². The van der Waals surface area contributed by atoms with Gasteiger partial charge in [-0.15, -0.1) is 0 Å². The molecule has 3 heterocycles. The molecule has 0 fully saturated rings. The second-order valence-corrected chi connectivity index (χ2v) is 4.97. The quantitative estimate of drug-likeness (QED) is 0.797. The molecule has 1 N–H and O–H groups in total. The summed E-state index contributed by atoms with van der Waals surface area (Å²) in [6, 6.07) is 12.0. The number of rotatable bonds is 4. The molecule has 5 nitrogen and oxygen atoms in total. The molecule has 4 rings (SSSR count). The number of pyridine rings is 1. The molecule has 0 bridgehead atoms. The van der Waals surface area contributed by atoms with Crippen molar-refractivity contribution in [1.29, 1.82) is 0 Å². The predicted molar refractivity (Wildman–Crippen MR) is 78.3 cm³/mol. The van der Waals surface area contributed by atoms with E-state index in [0.29, 0.717) is 6.79 Å². The van der Waals surface area contributed by atoms with Crippen LogP contribution >= 0.6 is 0 Å². The summed E-state index contributed by atoms with van der Waals surface area (Å²) in [5.74, 6) is 1.64. The third kappa shape index (κ3) is 2.32. The zero-order valence-corrected chi connectivity index (χ0v) is 11.5. The fourth-order valence-electron chi connectivity index (χ4n) is 2.50. The highest BCUT2D eigenvalue weighted by Gasteiger charge is 2.12. The number of fused-ring (bicyclic) bond motifs is 2. The van der Waals surface area contributed by atoms with Crippen molar-refractivity contribution in [3.8, 4) is 11.5 Å². The first-order valence-electron chi connectivity index (χ1n) is 6.90. The third-order valence-electron chi connectivity index (χ3n) is 3.57. The van der Waals surface area contributed by atoms with Gasteiger partial charge in [-0.05, 0) is 29.8 Å². The molecule has 1 aliphatic heterocycles. The van der Waals surface area contributed by atoms with Crippen LogP contribution in [0.15, 0.2) is 48.8 Å². The molecule has 1 aliphatic rings. The van der Waals surface area contributed by atoms with Gasteiger partial charge in [-0.3, -0.25) is 0 Å². The van der Waals surface area contributed by atoms with Crippen LogP contribution in [0.4, 0.5) is 0 Å². The van der Waals surface area contributed by atoms with E-state index in [1.807, 2.05) is 42.7 Å². The molecule has 3 aromatic rings. The van der Waals surface area contributed by atoms with Crippen molar-refractivity contribution in [1.82, 2.24) is 14.7 Å². The first-order chi connectivity index (χ1) is 10.4. The van der Waals surface area contributed by atoms with E-state index >= 15 is 0 Å². The highest BCUT2D eigenvalue weighted by Crippen LogP contribution is 2.32. The number of benzene rings is 1. The molecular formula is C16H15N3O2. The van der Waals surface area contributed by atoms with E-state index in [-0.39, 0.29) is 0 Å². The topological polar surface area (TPSA) is 47.8 Å². The summed E-state index contributed by atoms with van der Waals surface area (Å²) >= 11 is 0. The summed E-state index contributed by atoms with van der Waals surface area (Å²) in [4.78, 5) is 4.38. The molecule has 0 aliphatic carbocycles. The van der Waals surface area contributed by atoms with Gasteiger partial charge < -0.3 is 19.2 Å². The Labute approximate surface area is 122 Å². The Hall–Kier alpha value is -2.53. The zero-order valence-electron chi connectivity index (χ0n) is 11.5. The second kappa shape index (κ2) is 5.10. The second-order valence-electron chi connectivity index (χ2n) is 4.97. The lowest BCUT2D eigenvalue weighted by Crippen LogP contribution is -2.13. The molecule has 2 aromatic heterocycles. The van der Waals surface area contributed by atoms with Gasteiger partial charge in [0.05, 0.1) is 11.9 Å². The van der Waals surface area contributed by atoms with Crippen LogP contribution in [0.3, 0.4) is 0 Å². The molecule has 0 unspecified atom stereocenters. The Morgan fingerprint density at radius 2 is 2.05 bits per heavy atom. The van der Waals surface area contributed by atoms with Gasteiger partial charge in [0.2, 0.25) is 6.79 Å². The van der Waals surface area contributed by atoms with Crippen LogP contribution in [0.25, 0.3) is 5.65 Å². The maximum Gasteiger partial charge on any atom is 0.231 e. The van der Waals surface area contributed by atoms with Gasteiger partial charge in [0.25, 0.3) is 0 Å². The number of hydrogen-bond donors (Lipinski definition) is 1. The molecular weight excluding hydrogens is 266 g/mol. The number of nitrogens with one attached hydrogen (secondary N) is 1.